The van der Waals surface area contributed by atoms with Crippen LogP contribution in [0.25, 0.3) is 0 Å². The third-order valence-electron chi connectivity index (χ3n) is 1.99. The van der Waals surface area contributed by atoms with Gasteiger partial charge in [-0.3, -0.25) is 4.79 Å². The summed E-state index contributed by atoms with van der Waals surface area (Å²) < 4.78 is 0. The molecule has 0 heterocycles. The largest absolute Gasteiger partial charge is 0.394 e. The minimum atomic E-state index is -0.239. The molecule has 2 N–H and O–H groups in total. The van der Waals surface area contributed by atoms with Gasteiger partial charge in [0.15, 0.2) is 0 Å². The lowest BCUT2D eigenvalue weighted by atomic mass is 10.1. The molecule has 0 aliphatic rings. The van der Waals surface area contributed by atoms with Crippen LogP contribution < -0.4 is 5.32 Å². The second kappa shape index (κ2) is 5.73. The van der Waals surface area contributed by atoms with E-state index in [-0.39, 0.29) is 18.6 Å². The lowest BCUT2D eigenvalue weighted by Gasteiger charge is -2.10. The van der Waals surface area contributed by atoms with Crippen LogP contribution >= 0.6 is 11.6 Å². The van der Waals surface area contributed by atoms with Gasteiger partial charge in [-0.05, 0) is 24.6 Å². The van der Waals surface area contributed by atoms with Gasteiger partial charge in [-0.25, -0.2) is 0 Å². The first-order valence-electron chi connectivity index (χ1n) is 4.74. The molecule has 0 spiro atoms. The molecule has 0 bridgehead atoms. The molecule has 1 rings (SSSR count). The molecule has 1 atom stereocenters. The topological polar surface area (TPSA) is 49.3 Å². The normalized spacial score (nSPS) is 12.2. The van der Waals surface area contributed by atoms with Crippen LogP contribution in [0.15, 0.2) is 24.3 Å². The third kappa shape index (κ3) is 3.53. The van der Waals surface area contributed by atoms with E-state index in [1.807, 2.05) is 6.07 Å². The fraction of sp³-hybridized carbons (Fsp3) is 0.364. The van der Waals surface area contributed by atoms with Crippen molar-refractivity contribution in [1.82, 2.24) is 5.32 Å². The highest BCUT2D eigenvalue weighted by Gasteiger charge is 2.08. The molecule has 1 amide bonds. The Morgan fingerprint density at radius 2 is 2.33 bits per heavy atom. The predicted octanol–water partition coefficient (Wildman–Crippen LogP) is 1.54. The van der Waals surface area contributed by atoms with E-state index in [2.05, 4.69) is 5.32 Å². The minimum Gasteiger partial charge on any atom is -0.394 e. The quantitative estimate of drug-likeness (QED) is 0.767. The summed E-state index contributed by atoms with van der Waals surface area (Å²) in [6.45, 7) is 1.67. The molecule has 0 saturated heterocycles. The lowest BCUT2D eigenvalue weighted by Crippen LogP contribution is -2.34. The number of carbonyl (C=O) groups is 1. The number of hydrogen-bond acceptors (Lipinski definition) is 2. The van der Waals surface area contributed by atoms with Gasteiger partial charge in [-0.1, -0.05) is 12.1 Å². The van der Waals surface area contributed by atoms with Gasteiger partial charge in [0.05, 0.1) is 6.61 Å². The van der Waals surface area contributed by atoms with Gasteiger partial charge in [0.1, 0.15) is 0 Å². The predicted molar refractivity (Wildman–Crippen MR) is 60.0 cm³/mol. The highest BCUT2D eigenvalue weighted by Crippen LogP contribution is 2.07. The molecule has 0 saturated carbocycles. The summed E-state index contributed by atoms with van der Waals surface area (Å²) in [5, 5.41) is 11.5. The molecule has 0 aromatic heterocycles. The van der Waals surface area contributed by atoms with Crippen molar-refractivity contribution < 1.29 is 9.90 Å². The van der Waals surface area contributed by atoms with Crippen molar-refractivity contribution in [3.8, 4) is 0 Å². The number of aliphatic hydroxyl groups excluding tert-OH is 1. The summed E-state index contributed by atoms with van der Waals surface area (Å²) in [4.78, 5) is 11.6. The van der Waals surface area contributed by atoms with E-state index in [1.54, 1.807) is 25.1 Å². The van der Waals surface area contributed by atoms with E-state index >= 15 is 0 Å². The van der Waals surface area contributed by atoms with E-state index in [4.69, 9.17) is 16.7 Å². The van der Waals surface area contributed by atoms with Crippen LogP contribution in [0.1, 0.15) is 22.8 Å². The first-order valence-corrected chi connectivity index (χ1v) is 5.27. The fourth-order valence-electron chi connectivity index (χ4n) is 1.15. The number of amides is 1. The first-order chi connectivity index (χ1) is 7.17. The van der Waals surface area contributed by atoms with Crippen LogP contribution in [-0.2, 0) is 5.88 Å². The third-order valence-corrected chi connectivity index (χ3v) is 2.30. The molecule has 1 unspecified atom stereocenters. The van der Waals surface area contributed by atoms with Gasteiger partial charge in [-0.2, -0.15) is 0 Å². The van der Waals surface area contributed by atoms with Crippen LogP contribution in [0.5, 0.6) is 0 Å². The molecule has 1 aromatic rings. The summed E-state index contributed by atoms with van der Waals surface area (Å²) >= 11 is 5.66. The number of nitrogens with one attached hydrogen (secondary N) is 1. The maximum Gasteiger partial charge on any atom is 0.251 e. The Bertz CT molecular complexity index is 341. The van der Waals surface area contributed by atoms with Crippen molar-refractivity contribution in [2.45, 2.75) is 18.8 Å². The molecule has 3 nitrogen and oxygen atoms in total. The van der Waals surface area contributed by atoms with Crippen molar-refractivity contribution in [1.29, 1.82) is 0 Å². The Morgan fingerprint density at radius 1 is 1.60 bits per heavy atom. The fourth-order valence-corrected chi connectivity index (χ4v) is 1.31. The van der Waals surface area contributed by atoms with Crippen molar-refractivity contribution in [2.75, 3.05) is 6.61 Å². The number of carbonyl (C=O) groups excluding carboxylic acids is 1. The van der Waals surface area contributed by atoms with E-state index in [0.717, 1.165) is 5.56 Å². The van der Waals surface area contributed by atoms with Crippen LogP contribution in [-0.4, -0.2) is 23.7 Å². The number of hydrogen-bond donors (Lipinski definition) is 2. The number of aliphatic hydroxyl groups is 1. The molecule has 1 aromatic carbocycles. The second-order valence-corrected chi connectivity index (χ2v) is 3.66. The van der Waals surface area contributed by atoms with E-state index < -0.39 is 0 Å². The standard InChI is InChI=1S/C11H14ClNO2/c1-8(7-14)13-11(15)10-4-2-3-9(5-10)6-12/h2-5,8,14H,6-7H2,1H3,(H,13,15). The smallest absolute Gasteiger partial charge is 0.251 e. The van der Waals surface area contributed by atoms with E-state index in [1.165, 1.54) is 0 Å². The zero-order valence-corrected chi connectivity index (χ0v) is 9.29. The molecule has 4 heteroatoms. The number of alkyl halides is 1. The van der Waals surface area contributed by atoms with Crippen LogP contribution in [0.2, 0.25) is 0 Å². The van der Waals surface area contributed by atoms with Gasteiger partial charge >= 0.3 is 0 Å². The highest BCUT2D eigenvalue weighted by molar-refractivity contribution is 6.17. The second-order valence-electron chi connectivity index (χ2n) is 3.39. The van der Waals surface area contributed by atoms with Crippen molar-refractivity contribution in [3.05, 3.63) is 35.4 Å². The van der Waals surface area contributed by atoms with Crippen LogP contribution in [0, 0.1) is 0 Å². The molecule has 0 fully saturated rings. The number of benzene rings is 1. The lowest BCUT2D eigenvalue weighted by molar-refractivity contribution is 0.0922. The Morgan fingerprint density at radius 3 is 2.93 bits per heavy atom. The Balaban J connectivity index is 2.73. The minimum absolute atomic E-state index is 0.0685. The maximum absolute atomic E-state index is 11.6. The van der Waals surface area contributed by atoms with E-state index in [9.17, 15) is 4.79 Å². The summed E-state index contributed by atoms with van der Waals surface area (Å²) in [6.07, 6.45) is 0. The average molecular weight is 228 g/mol. The SMILES string of the molecule is CC(CO)NC(=O)c1cccc(CCl)c1. The number of rotatable bonds is 4. The number of halogens is 1. The summed E-state index contributed by atoms with van der Waals surface area (Å²) in [5.74, 6) is 0.194. The molecule has 15 heavy (non-hydrogen) atoms. The van der Waals surface area contributed by atoms with Crippen molar-refractivity contribution >= 4 is 17.5 Å². The van der Waals surface area contributed by atoms with Gasteiger partial charge in [0, 0.05) is 17.5 Å². The molecular weight excluding hydrogens is 214 g/mol. The van der Waals surface area contributed by atoms with Gasteiger partial charge in [0.25, 0.3) is 5.91 Å². The summed E-state index contributed by atoms with van der Waals surface area (Å²) in [6, 6.07) is 6.87. The first kappa shape index (κ1) is 12.0. The summed E-state index contributed by atoms with van der Waals surface area (Å²) in [7, 11) is 0. The maximum atomic E-state index is 11.6. The Kier molecular flexibility index (Phi) is 4.59. The van der Waals surface area contributed by atoms with Crippen molar-refractivity contribution in [3.63, 3.8) is 0 Å². The van der Waals surface area contributed by atoms with Gasteiger partial charge < -0.3 is 10.4 Å². The van der Waals surface area contributed by atoms with Gasteiger partial charge in [0.2, 0.25) is 0 Å². The average Bonchev–Trinajstić information content (AvgIpc) is 2.28. The monoisotopic (exact) mass is 227 g/mol. The van der Waals surface area contributed by atoms with Crippen LogP contribution in [0.4, 0.5) is 0 Å². The zero-order valence-electron chi connectivity index (χ0n) is 8.53. The Labute approximate surface area is 94.1 Å². The summed E-state index contributed by atoms with van der Waals surface area (Å²) in [5.41, 5.74) is 1.47. The van der Waals surface area contributed by atoms with E-state index in [0.29, 0.717) is 11.4 Å². The molecule has 82 valence electrons. The van der Waals surface area contributed by atoms with Gasteiger partial charge in [-0.15, -0.1) is 11.6 Å². The highest BCUT2D eigenvalue weighted by atomic mass is 35.5. The molecule has 0 radical (unpaired) electrons. The van der Waals surface area contributed by atoms with Crippen molar-refractivity contribution in [2.24, 2.45) is 0 Å². The van der Waals surface area contributed by atoms with Crippen LogP contribution in [0.3, 0.4) is 0 Å². The molecule has 0 aliphatic carbocycles. The Hall–Kier alpha value is -1.06. The zero-order chi connectivity index (χ0) is 11.3. The molecule has 0 aliphatic heterocycles. The molecular formula is C11H14ClNO2.